The molecule has 0 amide bonds. The van der Waals surface area contributed by atoms with Crippen LogP contribution in [-0.2, 0) is 63.8 Å². The lowest BCUT2D eigenvalue weighted by Crippen LogP contribution is -2.03. The van der Waals surface area contributed by atoms with Gasteiger partial charge in [-0.1, -0.05) is 63.5 Å². The fourth-order valence-electron chi connectivity index (χ4n) is 12.2. The van der Waals surface area contributed by atoms with Gasteiger partial charge < -0.3 is 18.9 Å². The van der Waals surface area contributed by atoms with Crippen LogP contribution in [0.25, 0.3) is 90.4 Å². The third-order valence-electron chi connectivity index (χ3n) is 16.8. The number of hydrogen-bond donors (Lipinski definition) is 0. The number of benzene rings is 1. The molecule has 19 heteroatoms. The SMILES string of the molecule is CCOC(=O)CCCCCCCc1cc(-c2ccc(-c3cc(CCCCCCCC(=O)OCC)c(-c4ccc(-c5ccc(-c6sc(C)cc6CCCCCC(=O)OCC)s5)s4)s3)c3nsnc23)sc1-c1ccc(-c2ccc(-c3sc(C)cc3CCCCCC(=O)OCC)s2)s1. The van der Waals surface area contributed by atoms with Crippen molar-refractivity contribution >= 4 is 137 Å². The fraction of sp³-hybridized carbons (Fsp3) is 0.447. The molecule has 0 atom stereocenters. The third-order valence-corrected chi connectivity index (χ3v) is 27.4. The number of carbonyl (C=O) groups excluding carboxylic acids is 4. The van der Waals surface area contributed by atoms with Crippen LogP contribution >= 0.6 is 102 Å². The maximum atomic E-state index is 12.1. The van der Waals surface area contributed by atoms with Crippen LogP contribution in [-0.4, -0.2) is 59.1 Å². The second-order valence-corrected chi connectivity index (χ2v) is 33.5. The predicted molar refractivity (Wildman–Crippen MR) is 407 cm³/mol. The summed E-state index contributed by atoms with van der Waals surface area (Å²) in [6, 6.07) is 32.6. The molecule has 10 aromatic rings. The van der Waals surface area contributed by atoms with E-state index < -0.39 is 0 Å². The molecule has 0 aliphatic rings. The van der Waals surface area contributed by atoms with Crippen molar-refractivity contribution in [2.45, 2.75) is 196 Å². The maximum absolute atomic E-state index is 12.1. The minimum atomic E-state index is -0.102. The zero-order valence-corrected chi connectivity index (χ0v) is 63.1. The lowest BCUT2D eigenvalue weighted by Gasteiger charge is -2.04. The van der Waals surface area contributed by atoms with Gasteiger partial charge in [0.15, 0.2) is 0 Å². The molecule has 0 bridgehead atoms. The number of fused-ring (bicyclic) bond motifs is 1. The molecule has 1 aromatic carbocycles. The van der Waals surface area contributed by atoms with E-state index in [9.17, 15) is 19.2 Å². The Labute approximate surface area is 597 Å². The minimum Gasteiger partial charge on any atom is -0.466 e. The van der Waals surface area contributed by atoms with Crippen LogP contribution in [0.3, 0.4) is 0 Å². The van der Waals surface area contributed by atoms with Crippen LogP contribution in [0.2, 0.25) is 0 Å². The Morgan fingerprint density at radius 1 is 0.305 bits per heavy atom. The molecule has 0 aliphatic heterocycles. The van der Waals surface area contributed by atoms with Crippen LogP contribution in [0.5, 0.6) is 0 Å². The van der Waals surface area contributed by atoms with E-state index in [1.165, 1.54) is 112 Å². The van der Waals surface area contributed by atoms with E-state index in [1.807, 2.05) is 118 Å². The van der Waals surface area contributed by atoms with Gasteiger partial charge in [-0.15, -0.1) is 90.7 Å². The molecule has 0 radical (unpaired) electrons. The lowest BCUT2D eigenvalue weighted by atomic mass is 10.0. The molecular weight excluding hydrogens is 1360 g/mol. The van der Waals surface area contributed by atoms with E-state index in [0.717, 1.165) is 151 Å². The lowest BCUT2D eigenvalue weighted by molar-refractivity contribution is -0.144. The summed E-state index contributed by atoms with van der Waals surface area (Å²) < 4.78 is 30.9. The van der Waals surface area contributed by atoms with Crippen LogP contribution in [0.4, 0.5) is 0 Å². The highest BCUT2D eigenvalue weighted by molar-refractivity contribution is 7.30. The van der Waals surface area contributed by atoms with Crippen molar-refractivity contribution in [2.24, 2.45) is 0 Å². The molecule has 0 saturated carbocycles. The van der Waals surface area contributed by atoms with E-state index in [4.69, 9.17) is 27.7 Å². The zero-order valence-electron chi connectivity index (χ0n) is 55.7. The second-order valence-electron chi connectivity index (χ2n) is 24.0. The number of aromatic nitrogens is 2. The predicted octanol–water partition coefficient (Wildman–Crippen LogP) is 24.4. The monoisotopic (exact) mass is 1440 g/mol. The molecule has 0 unspecified atom stereocenters. The molecular formula is C76H88N2O8S9. The first-order valence-corrected chi connectivity index (χ1v) is 41.4. The summed E-state index contributed by atoms with van der Waals surface area (Å²) in [6.45, 7) is 13.6. The summed E-state index contributed by atoms with van der Waals surface area (Å²) in [5.74, 6) is -0.405. The average molecular weight is 1450 g/mol. The average Bonchev–Trinajstić information content (AvgIpc) is 1.64. The van der Waals surface area contributed by atoms with Gasteiger partial charge in [0, 0.05) is 115 Å². The summed E-state index contributed by atoms with van der Waals surface area (Å²) in [5.41, 5.74) is 9.63. The van der Waals surface area contributed by atoms with E-state index in [-0.39, 0.29) is 23.9 Å². The first kappa shape index (κ1) is 72.3. The van der Waals surface area contributed by atoms with Crippen LogP contribution in [0, 0.1) is 13.8 Å². The molecule has 0 aliphatic carbocycles. The van der Waals surface area contributed by atoms with Gasteiger partial charge in [-0.25, -0.2) is 0 Å². The fourth-order valence-corrected chi connectivity index (χ4v) is 22.1. The molecule has 10 nitrogen and oxygen atoms in total. The molecule has 10 rings (SSSR count). The molecule has 9 heterocycles. The van der Waals surface area contributed by atoms with Crippen molar-refractivity contribution in [3.63, 3.8) is 0 Å². The number of unbranched alkanes of at least 4 members (excludes halogenated alkanes) is 12. The Balaban J connectivity index is 0.895. The molecule has 0 fully saturated rings. The van der Waals surface area contributed by atoms with Crippen LogP contribution < -0.4 is 0 Å². The van der Waals surface area contributed by atoms with Crippen molar-refractivity contribution < 1.29 is 38.1 Å². The van der Waals surface area contributed by atoms with Crippen LogP contribution in [0.15, 0.2) is 84.9 Å². The quantitative estimate of drug-likeness (QED) is 0.0208. The minimum absolute atomic E-state index is 0.101. The smallest absolute Gasteiger partial charge is 0.305 e. The van der Waals surface area contributed by atoms with Gasteiger partial charge in [-0.2, -0.15) is 8.75 Å². The summed E-state index contributed by atoms with van der Waals surface area (Å²) >= 11 is 16.3. The van der Waals surface area contributed by atoms with E-state index in [2.05, 4.69) is 98.8 Å². The summed E-state index contributed by atoms with van der Waals surface area (Å²) in [5, 5.41) is 0. The molecule has 0 saturated heterocycles. The highest BCUT2D eigenvalue weighted by atomic mass is 32.1. The molecule has 0 N–H and O–H groups in total. The number of nitrogens with zero attached hydrogens (tertiary/aromatic N) is 2. The number of carbonyl (C=O) groups is 4. The number of ether oxygens (including phenoxy) is 4. The summed E-state index contributed by atoms with van der Waals surface area (Å²) in [4.78, 5) is 68.7. The Kier molecular flexibility index (Phi) is 28.1. The summed E-state index contributed by atoms with van der Waals surface area (Å²) in [7, 11) is 0. The number of rotatable bonds is 40. The highest BCUT2D eigenvalue weighted by Gasteiger charge is 2.24. The maximum Gasteiger partial charge on any atom is 0.305 e. The Bertz CT molecular complexity index is 3840. The molecule has 9 aromatic heterocycles. The first-order chi connectivity index (χ1) is 46.4. The Morgan fingerprint density at radius 3 is 0.884 bits per heavy atom. The van der Waals surface area contributed by atoms with E-state index >= 15 is 0 Å². The van der Waals surface area contributed by atoms with Crippen LogP contribution in [0.1, 0.15) is 188 Å². The normalized spacial score (nSPS) is 11.6. The van der Waals surface area contributed by atoms with Crippen molar-refractivity contribution in [3.05, 3.63) is 117 Å². The Hall–Kier alpha value is -5.48. The van der Waals surface area contributed by atoms with Crippen molar-refractivity contribution in [2.75, 3.05) is 26.4 Å². The van der Waals surface area contributed by atoms with Gasteiger partial charge >= 0.3 is 23.9 Å². The Morgan fingerprint density at radius 2 is 0.568 bits per heavy atom. The van der Waals surface area contributed by atoms with Gasteiger partial charge in [-0.3, -0.25) is 19.2 Å². The highest BCUT2D eigenvalue weighted by Crippen LogP contribution is 2.51. The van der Waals surface area contributed by atoms with E-state index in [1.54, 1.807) is 0 Å². The van der Waals surface area contributed by atoms with Gasteiger partial charge in [-0.05, 0) is 214 Å². The molecule has 0 spiro atoms. The van der Waals surface area contributed by atoms with E-state index in [0.29, 0.717) is 52.1 Å². The largest absolute Gasteiger partial charge is 0.466 e. The second kappa shape index (κ2) is 36.9. The van der Waals surface area contributed by atoms with Crippen molar-refractivity contribution in [1.29, 1.82) is 0 Å². The topological polar surface area (TPSA) is 131 Å². The van der Waals surface area contributed by atoms with Crippen molar-refractivity contribution in [1.82, 2.24) is 8.75 Å². The number of esters is 4. The van der Waals surface area contributed by atoms with Gasteiger partial charge in [0.2, 0.25) is 0 Å². The standard InChI is InChI=1S/C76H88N2O8S9/c1-7-83-67(79)31-23-15-11-13-19-29-53-47-65(93-75(53)63-43-39-59(91-63)57-37-41-61(89-57)73-51(45-49(5)87-73)27-21-17-25-33-69(81)85-9-3)55-35-36-56(72-71(55)77-95-78-72)66-48-54(30-20-14-12-16-24-32-68(80)84-8-2)76(94-66)64-44-40-60(92-64)58-38-42-62(90-58)74-52(46-50(6)88-74)28-22-18-26-34-70(82)86-10-4/h35-48H,7-34H2,1-6H3. The zero-order chi connectivity index (χ0) is 66.5. The van der Waals surface area contributed by atoms with Gasteiger partial charge in [0.25, 0.3) is 0 Å². The molecule has 504 valence electrons. The third kappa shape index (κ3) is 20.1. The summed E-state index contributed by atoms with van der Waals surface area (Å²) in [6.07, 6.45) is 21.9. The number of hydrogen-bond acceptors (Lipinski definition) is 19. The number of thiophene rings is 8. The number of aryl methyl sites for hydroxylation is 6. The van der Waals surface area contributed by atoms with Gasteiger partial charge in [0.1, 0.15) is 11.0 Å². The first-order valence-electron chi connectivity index (χ1n) is 34.1. The van der Waals surface area contributed by atoms with Gasteiger partial charge in [0.05, 0.1) is 38.2 Å². The van der Waals surface area contributed by atoms with Crippen molar-refractivity contribution in [3.8, 4) is 79.4 Å². The molecule has 95 heavy (non-hydrogen) atoms.